The number of hydrogen-bond donors (Lipinski definition) is 1. The van der Waals surface area contributed by atoms with Crippen LogP contribution in [-0.4, -0.2) is 61.2 Å². The molecule has 1 aromatic heterocycles. The lowest BCUT2D eigenvalue weighted by molar-refractivity contribution is 0.0601. The van der Waals surface area contributed by atoms with Crippen LogP contribution in [0.1, 0.15) is 10.4 Å². The van der Waals surface area contributed by atoms with Gasteiger partial charge in [0.15, 0.2) is 0 Å². The Hall–Kier alpha value is -2.67. The van der Waals surface area contributed by atoms with Crippen LogP contribution in [0.15, 0.2) is 36.7 Å². The van der Waals surface area contributed by atoms with E-state index in [2.05, 4.69) is 32.1 Å². The molecule has 0 amide bonds. The molecule has 7 heteroatoms. The van der Waals surface area contributed by atoms with Gasteiger partial charge in [-0.2, -0.15) is 0 Å². The van der Waals surface area contributed by atoms with Crippen LogP contribution in [0, 0.1) is 0 Å². The number of nitrogens with one attached hydrogen (secondary N) is 1. The minimum atomic E-state index is -0.346. The molecule has 0 spiro atoms. The number of nitrogens with zero attached hydrogens (tertiary/aromatic N) is 4. The molecule has 1 aliphatic rings. The summed E-state index contributed by atoms with van der Waals surface area (Å²) < 4.78 is 4.70. The number of carbonyl (C=O) groups is 1. The number of likely N-dealkylation sites (N-methyl/N-ethyl adjacent to an activating group) is 1. The lowest BCUT2D eigenvalue weighted by atomic mass is 10.2. The highest BCUT2D eigenvalue weighted by atomic mass is 16.5. The third kappa shape index (κ3) is 3.80. The third-order valence-corrected chi connectivity index (χ3v) is 4.06. The van der Waals surface area contributed by atoms with E-state index < -0.39 is 0 Å². The molecule has 0 atom stereocenters. The minimum Gasteiger partial charge on any atom is -0.465 e. The monoisotopic (exact) mass is 327 g/mol. The van der Waals surface area contributed by atoms with Crippen molar-refractivity contribution in [3.05, 3.63) is 42.2 Å². The van der Waals surface area contributed by atoms with Gasteiger partial charge in [0.2, 0.25) is 0 Å². The van der Waals surface area contributed by atoms with Crippen molar-refractivity contribution in [2.24, 2.45) is 0 Å². The van der Waals surface area contributed by atoms with Gasteiger partial charge in [0, 0.05) is 37.9 Å². The molecule has 126 valence electrons. The molecular weight excluding hydrogens is 306 g/mol. The van der Waals surface area contributed by atoms with Gasteiger partial charge in [0.25, 0.3) is 0 Å². The Morgan fingerprint density at radius 1 is 1.12 bits per heavy atom. The molecule has 1 fully saturated rings. The summed E-state index contributed by atoms with van der Waals surface area (Å²) in [5.41, 5.74) is 1.37. The molecule has 1 aliphatic heterocycles. The van der Waals surface area contributed by atoms with Crippen LogP contribution in [0.4, 0.5) is 17.3 Å². The highest BCUT2D eigenvalue weighted by Gasteiger charge is 2.15. The second kappa shape index (κ2) is 7.27. The van der Waals surface area contributed by atoms with E-state index >= 15 is 0 Å². The van der Waals surface area contributed by atoms with Crippen molar-refractivity contribution < 1.29 is 9.53 Å². The largest absolute Gasteiger partial charge is 0.465 e. The highest BCUT2D eigenvalue weighted by Crippen LogP contribution is 2.20. The molecule has 2 aromatic rings. The Balaban J connectivity index is 1.69. The Kier molecular flexibility index (Phi) is 4.90. The van der Waals surface area contributed by atoms with Gasteiger partial charge in [-0.3, -0.25) is 0 Å². The fourth-order valence-electron chi connectivity index (χ4n) is 2.58. The molecule has 1 aromatic carbocycles. The van der Waals surface area contributed by atoms with E-state index in [1.165, 1.54) is 7.11 Å². The van der Waals surface area contributed by atoms with Crippen molar-refractivity contribution >= 4 is 23.3 Å². The predicted octanol–water partition coefficient (Wildman–Crippen LogP) is 1.76. The van der Waals surface area contributed by atoms with Crippen molar-refractivity contribution in [1.82, 2.24) is 14.9 Å². The second-order valence-corrected chi connectivity index (χ2v) is 5.75. The summed E-state index contributed by atoms with van der Waals surface area (Å²) in [6.07, 6.45) is 1.57. The molecule has 24 heavy (non-hydrogen) atoms. The number of carbonyl (C=O) groups excluding carboxylic acids is 1. The number of anilines is 3. The highest BCUT2D eigenvalue weighted by molar-refractivity contribution is 5.89. The number of rotatable bonds is 4. The van der Waals surface area contributed by atoms with Crippen LogP contribution in [0.3, 0.4) is 0 Å². The van der Waals surface area contributed by atoms with Crippen molar-refractivity contribution in [1.29, 1.82) is 0 Å². The van der Waals surface area contributed by atoms with Gasteiger partial charge in [0.1, 0.15) is 18.0 Å². The molecule has 3 rings (SSSR count). The average Bonchev–Trinajstić information content (AvgIpc) is 2.62. The van der Waals surface area contributed by atoms with Crippen LogP contribution in [0.25, 0.3) is 0 Å². The van der Waals surface area contributed by atoms with E-state index in [9.17, 15) is 4.79 Å². The number of methoxy groups -OCH3 is 1. The molecule has 1 N–H and O–H groups in total. The van der Waals surface area contributed by atoms with Gasteiger partial charge in [-0.15, -0.1) is 0 Å². The smallest absolute Gasteiger partial charge is 0.337 e. The summed E-state index contributed by atoms with van der Waals surface area (Å²) in [5, 5.41) is 3.24. The first kappa shape index (κ1) is 16.2. The van der Waals surface area contributed by atoms with Crippen molar-refractivity contribution in [2.45, 2.75) is 0 Å². The molecule has 0 unspecified atom stereocenters. The van der Waals surface area contributed by atoms with Crippen LogP contribution >= 0.6 is 0 Å². The Morgan fingerprint density at radius 3 is 2.50 bits per heavy atom. The SMILES string of the molecule is COC(=O)c1ccc(Nc2cc(N3CCN(C)CC3)ncn2)cc1. The Morgan fingerprint density at radius 2 is 1.83 bits per heavy atom. The van der Waals surface area contributed by atoms with Gasteiger partial charge in [0.05, 0.1) is 12.7 Å². The van der Waals surface area contributed by atoms with Crippen LogP contribution in [0.5, 0.6) is 0 Å². The predicted molar refractivity (Wildman–Crippen MR) is 92.8 cm³/mol. The number of ether oxygens (including phenoxy) is 1. The molecule has 2 heterocycles. The van der Waals surface area contributed by atoms with E-state index in [0.717, 1.165) is 43.5 Å². The van der Waals surface area contributed by atoms with Crippen LogP contribution < -0.4 is 10.2 Å². The van der Waals surface area contributed by atoms with Gasteiger partial charge >= 0.3 is 5.97 Å². The summed E-state index contributed by atoms with van der Waals surface area (Å²) in [4.78, 5) is 24.7. The fraction of sp³-hybridized carbons (Fsp3) is 0.353. The van der Waals surface area contributed by atoms with E-state index in [1.807, 2.05) is 18.2 Å². The Bertz CT molecular complexity index is 696. The van der Waals surface area contributed by atoms with Gasteiger partial charge in [-0.25, -0.2) is 14.8 Å². The number of piperazine rings is 1. The maximum Gasteiger partial charge on any atom is 0.337 e. The lowest BCUT2D eigenvalue weighted by Gasteiger charge is -2.33. The molecule has 1 saturated heterocycles. The number of aromatic nitrogens is 2. The summed E-state index contributed by atoms with van der Waals surface area (Å²) in [5.74, 6) is 1.30. The maximum atomic E-state index is 11.5. The van der Waals surface area contributed by atoms with Crippen LogP contribution in [0.2, 0.25) is 0 Å². The zero-order valence-corrected chi connectivity index (χ0v) is 13.9. The number of benzene rings is 1. The van der Waals surface area contributed by atoms with Crippen LogP contribution in [-0.2, 0) is 4.74 Å². The lowest BCUT2D eigenvalue weighted by Crippen LogP contribution is -2.44. The van der Waals surface area contributed by atoms with Gasteiger partial charge < -0.3 is 19.9 Å². The summed E-state index contributed by atoms with van der Waals surface area (Å²) in [6, 6.07) is 9.03. The molecule has 0 saturated carbocycles. The second-order valence-electron chi connectivity index (χ2n) is 5.75. The van der Waals surface area contributed by atoms with Gasteiger partial charge in [-0.1, -0.05) is 0 Å². The van der Waals surface area contributed by atoms with Crippen molar-refractivity contribution in [3.63, 3.8) is 0 Å². The van der Waals surface area contributed by atoms with E-state index in [-0.39, 0.29) is 5.97 Å². The maximum absolute atomic E-state index is 11.5. The molecular formula is C17H21N5O2. The molecule has 0 bridgehead atoms. The van der Waals surface area contributed by atoms with Crippen molar-refractivity contribution in [2.75, 3.05) is 50.6 Å². The molecule has 7 nitrogen and oxygen atoms in total. The van der Waals surface area contributed by atoms with E-state index in [1.54, 1.807) is 18.5 Å². The van der Waals surface area contributed by atoms with E-state index in [0.29, 0.717) is 5.56 Å². The zero-order chi connectivity index (χ0) is 16.9. The number of hydrogen-bond acceptors (Lipinski definition) is 7. The first-order chi connectivity index (χ1) is 11.7. The minimum absolute atomic E-state index is 0.346. The summed E-state index contributed by atoms with van der Waals surface area (Å²) in [6.45, 7) is 3.98. The van der Waals surface area contributed by atoms with Gasteiger partial charge in [-0.05, 0) is 31.3 Å². The van der Waals surface area contributed by atoms with Crippen molar-refractivity contribution in [3.8, 4) is 0 Å². The first-order valence-corrected chi connectivity index (χ1v) is 7.86. The molecule has 0 radical (unpaired) electrons. The normalized spacial score (nSPS) is 15.2. The Labute approximate surface area is 141 Å². The topological polar surface area (TPSA) is 70.6 Å². The standard InChI is InChI=1S/C17H21N5O2/c1-21-7-9-22(10-8-21)16-11-15(18-12-19-16)20-14-5-3-13(4-6-14)17(23)24-2/h3-6,11-12H,7-10H2,1-2H3,(H,18,19,20). The third-order valence-electron chi connectivity index (χ3n) is 4.06. The summed E-state index contributed by atoms with van der Waals surface area (Å²) in [7, 11) is 3.50. The quantitative estimate of drug-likeness (QED) is 0.858. The number of esters is 1. The summed E-state index contributed by atoms with van der Waals surface area (Å²) >= 11 is 0. The van der Waals surface area contributed by atoms with E-state index in [4.69, 9.17) is 4.74 Å². The molecule has 0 aliphatic carbocycles. The fourth-order valence-corrected chi connectivity index (χ4v) is 2.58. The average molecular weight is 327 g/mol. The first-order valence-electron chi connectivity index (χ1n) is 7.86. The zero-order valence-electron chi connectivity index (χ0n) is 13.9.